The van der Waals surface area contributed by atoms with Gasteiger partial charge in [-0.1, -0.05) is 18.2 Å². The highest BCUT2D eigenvalue weighted by atomic mass is 16.3. The van der Waals surface area contributed by atoms with Crippen molar-refractivity contribution in [1.82, 2.24) is 4.90 Å². The second-order valence-corrected chi connectivity index (χ2v) is 4.69. The van der Waals surface area contributed by atoms with Crippen molar-refractivity contribution in [1.29, 1.82) is 0 Å². The van der Waals surface area contributed by atoms with Crippen LogP contribution in [0.4, 0.5) is 0 Å². The Balaban J connectivity index is 1.82. The van der Waals surface area contributed by atoms with Gasteiger partial charge in [-0.2, -0.15) is 0 Å². The van der Waals surface area contributed by atoms with E-state index in [4.69, 9.17) is 8.83 Å². The number of carbonyl (C=O) groups is 1. The molecule has 3 aromatic rings. The molecule has 0 aliphatic heterocycles. The van der Waals surface area contributed by atoms with Crippen molar-refractivity contribution < 1.29 is 13.6 Å². The monoisotopic (exact) mass is 281 g/mol. The number of rotatable bonds is 5. The highest BCUT2D eigenvalue weighted by molar-refractivity contribution is 5.94. The third-order valence-corrected chi connectivity index (χ3v) is 3.16. The molecular formula is C17H15NO3. The number of benzene rings is 1. The molecule has 0 unspecified atom stereocenters. The lowest BCUT2D eigenvalue weighted by Crippen LogP contribution is -2.29. The molecule has 0 atom stereocenters. The maximum atomic E-state index is 12.6. The smallest absolute Gasteiger partial charge is 0.254 e. The van der Waals surface area contributed by atoms with Gasteiger partial charge in [0.1, 0.15) is 11.5 Å². The van der Waals surface area contributed by atoms with Crippen LogP contribution in [0.25, 0.3) is 0 Å². The summed E-state index contributed by atoms with van der Waals surface area (Å²) in [5.74, 6) is 1.43. The standard InChI is InChI=1S/C17H15NO3/c19-17(14-6-2-1-3-7-14)18(12-15-8-4-10-20-15)13-16-9-5-11-21-16/h1-11H,12-13H2. The first-order chi connectivity index (χ1) is 10.3. The van der Waals surface area contributed by atoms with Crippen molar-refractivity contribution in [2.75, 3.05) is 0 Å². The van der Waals surface area contributed by atoms with E-state index in [1.54, 1.807) is 29.6 Å². The van der Waals surface area contributed by atoms with Crippen LogP contribution in [0, 0.1) is 0 Å². The van der Waals surface area contributed by atoms with Crippen LogP contribution in [0.3, 0.4) is 0 Å². The summed E-state index contributed by atoms with van der Waals surface area (Å²) in [7, 11) is 0. The third-order valence-electron chi connectivity index (χ3n) is 3.16. The number of nitrogens with zero attached hydrogens (tertiary/aromatic N) is 1. The van der Waals surface area contributed by atoms with Crippen LogP contribution in [-0.2, 0) is 13.1 Å². The van der Waals surface area contributed by atoms with Crippen LogP contribution in [0.5, 0.6) is 0 Å². The van der Waals surface area contributed by atoms with E-state index < -0.39 is 0 Å². The molecule has 21 heavy (non-hydrogen) atoms. The van der Waals surface area contributed by atoms with Crippen molar-refractivity contribution >= 4 is 5.91 Å². The average Bonchev–Trinajstić information content (AvgIpc) is 3.20. The van der Waals surface area contributed by atoms with Gasteiger partial charge in [-0.25, -0.2) is 0 Å². The second-order valence-electron chi connectivity index (χ2n) is 4.69. The molecule has 0 spiro atoms. The van der Waals surface area contributed by atoms with Crippen LogP contribution >= 0.6 is 0 Å². The summed E-state index contributed by atoms with van der Waals surface area (Å²) in [5.41, 5.74) is 0.649. The van der Waals surface area contributed by atoms with Crippen LogP contribution in [0.1, 0.15) is 21.9 Å². The molecule has 1 amide bonds. The molecule has 0 aliphatic carbocycles. The fraction of sp³-hybridized carbons (Fsp3) is 0.118. The SMILES string of the molecule is O=C(c1ccccc1)N(Cc1ccco1)Cc1ccco1. The topological polar surface area (TPSA) is 46.6 Å². The zero-order valence-electron chi connectivity index (χ0n) is 11.4. The highest BCUT2D eigenvalue weighted by Gasteiger charge is 2.18. The van der Waals surface area contributed by atoms with E-state index in [0.29, 0.717) is 18.7 Å². The lowest BCUT2D eigenvalue weighted by Gasteiger charge is -2.20. The first kappa shape index (κ1) is 13.2. The lowest BCUT2D eigenvalue weighted by molar-refractivity contribution is 0.0705. The van der Waals surface area contributed by atoms with Gasteiger partial charge < -0.3 is 13.7 Å². The maximum Gasteiger partial charge on any atom is 0.254 e. The van der Waals surface area contributed by atoms with Gasteiger partial charge in [-0.15, -0.1) is 0 Å². The van der Waals surface area contributed by atoms with Gasteiger partial charge >= 0.3 is 0 Å². The van der Waals surface area contributed by atoms with Gasteiger partial charge in [0, 0.05) is 5.56 Å². The van der Waals surface area contributed by atoms with Crippen molar-refractivity contribution in [3.05, 3.63) is 84.2 Å². The fourth-order valence-corrected chi connectivity index (χ4v) is 2.14. The molecule has 0 saturated heterocycles. The van der Waals surface area contributed by atoms with E-state index in [2.05, 4.69) is 0 Å². The highest BCUT2D eigenvalue weighted by Crippen LogP contribution is 2.14. The van der Waals surface area contributed by atoms with E-state index >= 15 is 0 Å². The van der Waals surface area contributed by atoms with E-state index in [9.17, 15) is 4.79 Å². The number of hydrogen-bond acceptors (Lipinski definition) is 3. The van der Waals surface area contributed by atoms with Crippen LogP contribution < -0.4 is 0 Å². The lowest BCUT2D eigenvalue weighted by atomic mass is 10.2. The minimum atomic E-state index is -0.0524. The first-order valence-electron chi connectivity index (χ1n) is 6.72. The third kappa shape index (κ3) is 3.23. The predicted octanol–water partition coefficient (Wildman–Crippen LogP) is 3.72. The zero-order valence-corrected chi connectivity index (χ0v) is 11.4. The summed E-state index contributed by atoms with van der Waals surface area (Å²) in [6.45, 7) is 0.808. The molecule has 1 aromatic carbocycles. The van der Waals surface area contributed by atoms with E-state index in [1.165, 1.54) is 0 Å². The Bertz CT molecular complexity index is 636. The molecule has 0 fully saturated rings. The summed E-state index contributed by atoms with van der Waals surface area (Å²) in [6, 6.07) is 16.5. The van der Waals surface area contributed by atoms with E-state index in [1.807, 2.05) is 42.5 Å². The Morgan fingerprint density at radius 2 is 1.38 bits per heavy atom. The van der Waals surface area contributed by atoms with E-state index in [0.717, 1.165) is 11.5 Å². The van der Waals surface area contributed by atoms with Crippen molar-refractivity contribution in [2.45, 2.75) is 13.1 Å². The van der Waals surface area contributed by atoms with Crippen LogP contribution in [0.15, 0.2) is 76.0 Å². The Labute approximate surface area is 122 Å². The summed E-state index contributed by atoms with van der Waals surface area (Å²) < 4.78 is 10.7. The second kappa shape index (κ2) is 6.13. The van der Waals surface area contributed by atoms with Crippen molar-refractivity contribution in [2.24, 2.45) is 0 Å². The number of amides is 1. The number of carbonyl (C=O) groups excluding carboxylic acids is 1. The normalized spacial score (nSPS) is 10.5. The molecule has 2 aromatic heterocycles. The molecule has 0 saturated carbocycles. The van der Waals surface area contributed by atoms with Gasteiger partial charge in [0.05, 0.1) is 25.6 Å². The van der Waals surface area contributed by atoms with Gasteiger partial charge in [-0.3, -0.25) is 4.79 Å². The molecule has 4 heteroatoms. The zero-order chi connectivity index (χ0) is 14.5. The predicted molar refractivity (Wildman–Crippen MR) is 77.4 cm³/mol. The molecule has 0 aliphatic rings. The molecule has 106 valence electrons. The van der Waals surface area contributed by atoms with Gasteiger partial charge in [0.2, 0.25) is 0 Å². The van der Waals surface area contributed by atoms with Crippen molar-refractivity contribution in [3.63, 3.8) is 0 Å². The first-order valence-corrected chi connectivity index (χ1v) is 6.72. The van der Waals surface area contributed by atoms with Crippen LogP contribution in [-0.4, -0.2) is 10.8 Å². The molecular weight excluding hydrogens is 266 g/mol. The fourth-order valence-electron chi connectivity index (χ4n) is 2.14. The summed E-state index contributed by atoms with van der Waals surface area (Å²) >= 11 is 0. The minimum absolute atomic E-state index is 0.0524. The molecule has 0 radical (unpaired) electrons. The maximum absolute atomic E-state index is 12.6. The average molecular weight is 281 g/mol. The quantitative estimate of drug-likeness (QED) is 0.716. The van der Waals surface area contributed by atoms with Gasteiger partial charge in [0.25, 0.3) is 5.91 Å². The molecule has 0 N–H and O–H groups in total. The Hall–Kier alpha value is -2.75. The minimum Gasteiger partial charge on any atom is -0.467 e. The number of furan rings is 2. The summed E-state index contributed by atoms with van der Waals surface area (Å²) in [6.07, 6.45) is 3.21. The summed E-state index contributed by atoms with van der Waals surface area (Å²) in [5, 5.41) is 0. The molecule has 0 bridgehead atoms. The Morgan fingerprint density at radius 1 is 0.810 bits per heavy atom. The van der Waals surface area contributed by atoms with Crippen LogP contribution in [0.2, 0.25) is 0 Å². The Kier molecular flexibility index (Phi) is 3.87. The summed E-state index contributed by atoms with van der Waals surface area (Å²) in [4.78, 5) is 14.3. The molecule has 4 nitrogen and oxygen atoms in total. The van der Waals surface area contributed by atoms with E-state index in [-0.39, 0.29) is 5.91 Å². The van der Waals surface area contributed by atoms with Gasteiger partial charge in [0.15, 0.2) is 0 Å². The number of hydrogen-bond donors (Lipinski definition) is 0. The molecule has 3 rings (SSSR count). The molecule has 2 heterocycles. The Morgan fingerprint density at radius 3 is 1.86 bits per heavy atom. The largest absolute Gasteiger partial charge is 0.467 e. The van der Waals surface area contributed by atoms with Gasteiger partial charge in [-0.05, 0) is 36.4 Å². The van der Waals surface area contributed by atoms with Crippen molar-refractivity contribution in [3.8, 4) is 0 Å².